The Morgan fingerprint density at radius 3 is 2.82 bits per heavy atom. The second-order valence-corrected chi connectivity index (χ2v) is 7.06. The molecule has 0 saturated heterocycles. The molecule has 0 spiro atoms. The molecule has 0 fully saturated rings. The van der Waals surface area contributed by atoms with Crippen molar-refractivity contribution in [2.75, 3.05) is 19.0 Å². The van der Waals surface area contributed by atoms with Gasteiger partial charge in [-0.25, -0.2) is 4.68 Å². The second-order valence-electron chi connectivity index (χ2n) is 7.06. The fourth-order valence-electron chi connectivity index (χ4n) is 3.52. The predicted octanol–water partition coefficient (Wildman–Crippen LogP) is 3.69. The first-order valence-electron chi connectivity index (χ1n) is 9.28. The van der Waals surface area contributed by atoms with Crippen molar-refractivity contribution in [1.82, 2.24) is 9.78 Å². The molecule has 0 aliphatic carbocycles. The molecule has 4 rings (SSSR count). The highest BCUT2D eigenvalue weighted by Gasteiger charge is 2.26. The number of aryl methyl sites for hydroxylation is 2. The number of anilines is 1. The number of carbonyl (C=O) groups excluding carboxylic acids is 1. The van der Waals surface area contributed by atoms with E-state index in [9.17, 15) is 4.79 Å². The van der Waals surface area contributed by atoms with E-state index in [1.165, 1.54) is 0 Å². The molecule has 1 aromatic heterocycles. The highest BCUT2D eigenvalue weighted by Crippen LogP contribution is 2.31. The van der Waals surface area contributed by atoms with E-state index >= 15 is 0 Å². The number of ether oxygens (including phenoxy) is 2. The number of carbonyl (C=O) groups is 1. The van der Waals surface area contributed by atoms with Gasteiger partial charge in [0.25, 0.3) is 0 Å². The number of fused-ring (bicyclic) bond motifs is 1. The summed E-state index contributed by atoms with van der Waals surface area (Å²) in [4.78, 5) is 12.8. The second kappa shape index (κ2) is 7.38. The number of amides is 1. The van der Waals surface area contributed by atoms with Gasteiger partial charge in [0.05, 0.1) is 24.4 Å². The average molecular weight is 377 g/mol. The largest absolute Gasteiger partial charge is 0.497 e. The standard InChI is InChI=1S/C22H23N3O3/c1-14-9-15(2)25(24-14)19-6-4-5-18(12-19)23-22(26)17-10-16-11-20(27-3)7-8-21(16)28-13-17/h4-9,11-12,17H,10,13H2,1-3H3,(H,23,26). The van der Waals surface area contributed by atoms with Crippen LogP contribution in [0.15, 0.2) is 48.5 Å². The molecule has 6 heteroatoms. The van der Waals surface area contributed by atoms with Crippen LogP contribution < -0.4 is 14.8 Å². The molecule has 0 radical (unpaired) electrons. The summed E-state index contributed by atoms with van der Waals surface area (Å²) < 4.78 is 12.9. The van der Waals surface area contributed by atoms with Crippen molar-refractivity contribution in [3.63, 3.8) is 0 Å². The summed E-state index contributed by atoms with van der Waals surface area (Å²) in [7, 11) is 1.63. The first-order valence-corrected chi connectivity index (χ1v) is 9.28. The van der Waals surface area contributed by atoms with Crippen LogP contribution >= 0.6 is 0 Å². The lowest BCUT2D eigenvalue weighted by molar-refractivity contribution is -0.121. The Balaban J connectivity index is 1.50. The van der Waals surface area contributed by atoms with Gasteiger partial charge in [-0.05, 0) is 68.3 Å². The van der Waals surface area contributed by atoms with Crippen LogP contribution in [0.3, 0.4) is 0 Å². The molecule has 0 bridgehead atoms. The Bertz CT molecular complexity index is 1030. The van der Waals surface area contributed by atoms with Gasteiger partial charge in [-0.2, -0.15) is 5.10 Å². The van der Waals surface area contributed by atoms with Crippen LogP contribution in [0.2, 0.25) is 0 Å². The summed E-state index contributed by atoms with van der Waals surface area (Å²) in [6, 6.07) is 15.4. The number of benzene rings is 2. The molecule has 28 heavy (non-hydrogen) atoms. The van der Waals surface area contributed by atoms with E-state index in [4.69, 9.17) is 9.47 Å². The summed E-state index contributed by atoms with van der Waals surface area (Å²) in [5.41, 5.74) is 4.65. The summed E-state index contributed by atoms with van der Waals surface area (Å²) in [5.74, 6) is 1.27. The van der Waals surface area contributed by atoms with Crippen molar-refractivity contribution in [1.29, 1.82) is 0 Å². The molecule has 2 aromatic carbocycles. The molecule has 3 aromatic rings. The minimum atomic E-state index is -0.253. The van der Waals surface area contributed by atoms with Gasteiger partial charge in [-0.15, -0.1) is 0 Å². The Morgan fingerprint density at radius 1 is 1.21 bits per heavy atom. The van der Waals surface area contributed by atoms with Crippen LogP contribution in [0.4, 0.5) is 5.69 Å². The molecule has 1 unspecified atom stereocenters. The lowest BCUT2D eigenvalue weighted by Gasteiger charge is -2.25. The zero-order valence-electron chi connectivity index (χ0n) is 16.2. The van der Waals surface area contributed by atoms with E-state index < -0.39 is 0 Å². The van der Waals surface area contributed by atoms with Crippen molar-refractivity contribution in [3.05, 3.63) is 65.5 Å². The molecule has 1 N–H and O–H groups in total. The van der Waals surface area contributed by atoms with Gasteiger partial charge in [-0.3, -0.25) is 4.79 Å². The number of nitrogens with one attached hydrogen (secondary N) is 1. The number of nitrogens with zero attached hydrogens (tertiary/aromatic N) is 2. The van der Waals surface area contributed by atoms with Gasteiger partial charge in [0, 0.05) is 11.4 Å². The van der Waals surface area contributed by atoms with Gasteiger partial charge in [-0.1, -0.05) is 6.07 Å². The predicted molar refractivity (Wildman–Crippen MR) is 107 cm³/mol. The monoisotopic (exact) mass is 377 g/mol. The smallest absolute Gasteiger partial charge is 0.231 e. The summed E-state index contributed by atoms with van der Waals surface area (Å²) >= 11 is 0. The van der Waals surface area contributed by atoms with Gasteiger partial charge in [0.2, 0.25) is 5.91 Å². The third-order valence-corrected chi connectivity index (χ3v) is 4.91. The molecule has 1 aliphatic rings. The molecule has 1 amide bonds. The van der Waals surface area contributed by atoms with Crippen LogP contribution in [0.25, 0.3) is 5.69 Å². The zero-order valence-corrected chi connectivity index (χ0v) is 16.2. The van der Waals surface area contributed by atoms with Crippen molar-refractivity contribution in [3.8, 4) is 17.2 Å². The van der Waals surface area contributed by atoms with E-state index in [1.807, 2.05) is 67.1 Å². The molecule has 1 atom stereocenters. The average Bonchev–Trinajstić information content (AvgIpc) is 3.05. The van der Waals surface area contributed by atoms with Gasteiger partial charge < -0.3 is 14.8 Å². The Hall–Kier alpha value is -3.28. The first-order chi connectivity index (χ1) is 13.5. The Kier molecular flexibility index (Phi) is 4.77. The SMILES string of the molecule is COc1ccc2c(c1)CC(C(=O)Nc1cccc(-n3nc(C)cc3C)c1)CO2. The molecular formula is C22H23N3O3. The minimum absolute atomic E-state index is 0.0565. The maximum Gasteiger partial charge on any atom is 0.231 e. The number of hydrogen-bond donors (Lipinski definition) is 1. The van der Waals surface area contributed by atoms with Gasteiger partial charge in [0.15, 0.2) is 0 Å². The van der Waals surface area contributed by atoms with E-state index in [0.29, 0.717) is 13.0 Å². The Morgan fingerprint density at radius 2 is 2.07 bits per heavy atom. The number of rotatable bonds is 4. The maximum atomic E-state index is 12.8. The lowest BCUT2D eigenvalue weighted by atomic mass is 9.95. The normalized spacial score (nSPS) is 15.5. The molecular weight excluding hydrogens is 354 g/mol. The van der Waals surface area contributed by atoms with Gasteiger partial charge >= 0.3 is 0 Å². The van der Waals surface area contributed by atoms with Crippen LogP contribution in [-0.2, 0) is 11.2 Å². The minimum Gasteiger partial charge on any atom is -0.497 e. The van der Waals surface area contributed by atoms with E-state index in [-0.39, 0.29) is 11.8 Å². The molecule has 144 valence electrons. The Labute approximate surface area is 164 Å². The topological polar surface area (TPSA) is 65.4 Å². The molecule has 6 nitrogen and oxygen atoms in total. The highest BCUT2D eigenvalue weighted by atomic mass is 16.5. The third kappa shape index (κ3) is 3.58. The summed E-state index contributed by atoms with van der Waals surface area (Å²) in [6.07, 6.45) is 0.621. The van der Waals surface area contributed by atoms with E-state index in [1.54, 1.807) is 7.11 Å². The van der Waals surface area contributed by atoms with Crippen LogP contribution in [0, 0.1) is 19.8 Å². The van der Waals surface area contributed by atoms with Crippen molar-refractivity contribution >= 4 is 11.6 Å². The fourth-order valence-corrected chi connectivity index (χ4v) is 3.52. The van der Waals surface area contributed by atoms with Crippen LogP contribution in [-0.4, -0.2) is 29.4 Å². The lowest BCUT2D eigenvalue weighted by Crippen LogP contribution is -2.32. The van der Waals surface area contributed by atoms with Crippen molar-refractivity contribution in [2.45, 2.75) is 20.3 Å². The molecule has 2 heterocycles. The molecule has 1 aliphatic heterocycles. The first kappa shape index (κ1) is 18.1. The third-order valence-electron chi connectivity index (χ3n) is 4.91. The zero-order chi connectivity index (χ0) is 19.7. The van der Waals surface area contributed by atoms with Crippen LogP contribution in [0.5, 0.6) is 11.5 Å². The van der Waals surface area contributed by atoms with Gasteiger partial charge in [0.1, 0.15) is 18.1 Å². The van der Waals surface area contributed by atoms with Crippen molar-refractivity contribution < 1.29 is 14.3 Å². The quantitative estimate of drug-likeness (QED) is 0.753. The van der Waals surface area contributed by atoms with Crippen molar-refractivity contribution in [2.24, 2.45) is 5.92 Å². The highest BCUT2D eigenvalue weighted by molar-refractivity contribution is 5.93. The molecule has 0 saturated carbocycles. The van der Waals surface area contributed by atoms with E-state index in [2.05, 4.69) is 10.4 Å². The fraction of sp³-hybridized carbons (Fsp3) is 0.273. The number of aromatic nitrogens is 2. The summed E-state index contributed by atoms with van der Waals surface area (Å²) in [5, 5.41) is 7.52. The van der Waals surface area contributed by atoms with E-state index in [0.717, 1.165) is 39.8 Å². The van der Waals surface area contributed by atoms with Crippen LogP contribution in [0.1, 0.15) is 17.0 Å². The number of methoxy groups -OCH3 is 1. The number of hydrogen-bond acceptors (Lipinski definition) is 4. The maximum absolute atomic E-state index is 12.8. The summed E-state index contributed by atoms with van der Waals surface area (Å²) in [6.45, 7) is 4.34.